The van der Waals surface area contributed by atoms with Gasteiger partial charge >= 0.3 is 0 Å². The maximum Gasteiger partial charge on any atom is 0.239 e. The standard InChI is InChI=1S/C13H15BrFN3O/c1-8(2)6-18-11(19)7-17-10-4-3-9(5-16)12(14)13(10)15/h3-4,8,17H,6-7H2,1-2H3,(H,18,19). The highest BCUT2D eigenvalue weighted by molar-refractivity contribution is 9.10. The van der Waals surface area contributed by atoms with Crippen LogP contribution in [0.2, 0.25) is 0 Å². The lowest BCUT2D eigenvalue weighted by molar-refractivity contribution is -0.119. The monoisotopic (exact) mass is 327 g/mol. The van der Waals surface area contributed by atoms with Crippen molar-refractivity contribution in [2.75, 3.05) is 18.4 Å². The summed E-state index contributed by atoms with van der Waals surface area (Å²) in [5, 5.41) is 14.2. The van der Waals surface area contributed by atoms with Crippen LogP contribution in [0.3, 0.4) is 0 Å². The largest absolute Gasteiger partial charge is 0.374 e. The summed E-state index contributed by atoms with van der Waals surface area (Å²) in [5.41, 5.74) is 0.401. The van der Waals surface area contributed by atoms with Gasteiger partial charge in [0.15, 0.2) is 5.82 Å². The number of amides is 1. The number of anilines is 1. The van der Waals surface area contributed by atoms with Gasteiger partial charge in [-0.3, -0.25) is 4.79 Å². The Morgan fingerprint density at radius 3 is 2.79 bits per heavy atom. The lowest BCUT2D eigenvalue weighted by Crippen LogP contribution is -2.32. The minimum absolute atomic E-state index is 0.0119. The predicted octanol–water partition coefficient (Wildman–Crippen LogP) is 2.64. The van der Waals surface area contributed by atoms with Gasteiger partial charge in [0, 0.05) is 6.54 Å². The van der Waals surface area contributed by atoms with E-state index >= 15 is 0 Å². The van der Waals surface area contributed by atoms with E-state index in [4.69, 9.17) is 5.26 Å². The van der Waals surface area contributed by atoms with E-state index in [9.17, 15) is 9.18 Å². The molecule has 0 aliphatic rings. The molecule has 4 nitrogen and oxygen atoms in total. The molecule has 102 valence electrons. The SMILES string of the molecule is CC(C)CNC(=O)CNc1ccc(C#N)c(Br)c1F. The summed E-state index contributed by atoms with van der Waals surface area (Å²) in [4.78, 5) is 11.5. The lowest BCUT2D eigenvalue weighted by Gasteiger charge is -2.11. The molecule has 0 aliphatic heterocycles. The molecule has 0 atom stereocenters. The average molecular weight is 328 g/mol. The Labute approximate surface area is 120 Å². The summed E-state index contributed by atoms with van der Waals surface area (Å²) in [6.45, 7) is 4.55. The van der Waals surface area contributed by atoms with Crippen LogP contribution < -0.4 is 10.6 Å². The first kappa shape index (κ1) is 15.4. The van der Waals surface area contributed by atoms with Crippen LogP contribution >= 0.6 is 15.9 Å². The van der Waals surface area contributed by atoms with Crippen molar-refractivity contribution in [1.29, 1.82) is 5.26 Å². The van der Waals surface area contributed by atoms with Crippen molar-refractivity contribution in [3.05, 3.63) is 28.0 Å². The first-order valence-electron chi connectivity index (χ1n) is 5.84. The van der Waals surface area contributed by atoms with Crippen LogP contribution in [0.15, 0.2) is 16.6 Å². The van der Waals surface area contributed by atoms with E-state index in [-0.39, 0.29) is 28.2 Å². The quantitative estimate of drug-likeness (QED) is 0.873. The first-order chi connectivity index (χ1) is 8.95. The molecule has 1 amide bonds. The van der Waals surface area contributed by atoms with E-state index in [1.165, 1.54) is 12.1 Å². The zero-order valence-corrected chi connectivity index (χ0v) is 12.3. The van der Waals surface area contributed by atoms with E-state index in [1.54, 1.807) is 0 Å². The third-order valence-corrected chi connectivity index (χ3v) is 3.12. The maximum atomic E-state index is 13.8. The highest BCUT2D eigenvalue weighted by atomic mass is 79.9. The first-order valence-corrected chi connectivity index (χ1v) is 6.63. The van der Waals surface area contributed by atoms with Crippen molar-refractivity contribution in [1.82, 2.24) is 5.32 Å². The molecule has 0 aromatic heterocycles. The van der Waals surface area contributed by atoms with Crippen molar-refractivity contribution in [2.24, 2.45) is 5.92 Å². The second kappa shape index (κ2) is 7.10. The summed E-state index contributed by atoms with van der Waals surface area (Å²) < 4.78 is 13.9. The summed E-state index contributed by atoms with van der Waals surface area (Å²) >= 11 is 3.01. The normalized spacial score (nSPS) is 10.1. The Bertz CT molecular complexity index is 511. The minimum Gasteiger partial charge on any atom is -0.374 e. The third-order valence-electron chi connectivity index (χ3n) is 2.35. The summed E-state index contributed by atoms with van der Waals surface area (Å²) in [7, 11) is 0. The fourth-order valence-corrected chi connectivity index (χ4v) is 1.76. The zero-order chi connectivity index (χ0) is 14.4. The van der Waals surface area contributed by atoms with Crippen LogP contribution in [0.25, 0.3) is 0 Å². The van der Waals surface area contributed by atoms with Gasteiger partial charge in [0.05, 0.1) is 22.3 Å². The number of carbonyl (C=O) groups is 1. The highest BCUT2D eigenvalue weighted by Crippen LogP contribution is 2.26. The molecular formula is C13H15BrFN3O. The van der Waals surface area contributed by atoms with E-state index in [0.29, 0.717) is 12.5 Å². The van der Waals surface area contributed by atoms with Gasteiger partial charge in [-0.15, -0.1) is 0 Å². The molecule has 0 saturated carbocycles. The molecule has 0 unspecified atom stereocenters. The van der Waals surface area contributed by atoms with Gasteiger partial charge in [0.1, 0.15) is 6.07 Å². The average Bonchev–Trinajstić information content (AvgIpc) is 2.38. The van der Waals surface area contributed by atoms with E-state index in [2.05, 4.69) is 26.6 Å². The van der Waals surface area contributed by atoms with E-state index < -0.39 is 5.82 Å². The molecule has 2 N–H and O–H groups in total. The summed E-state index contributed by atoms with van der Waals surface area (Å²) in [5.74, 6) is -0.408. The molecule has 1 aromatic rings. The second-order valence-corrected chi connectivity index (χ2v) is 5.24. The van der Waals surface area contributed by atoms with Gasteiger partial charge in [-0.05, 0) is 34.0 Å². The molecule has 0 heterocycles. The van der Waals surface area contributed by atoms with Crippen molar-refractivity contribution in [3.63, 3.8) is 0 Å². The Hall–Kier alpha value is -1.61. The molecule has 19 heavy (non-hydrogen) atoms. The number of carbonyl (C=O) groups excluding carboxylic acids is 1. The molecule has 0 spiro atoms. The van der Waals surface area contributed by atoms with Crippen LogP contribution in [0.4, 0.5) is 10.1 Å². The Morgan fingerprint density at radius 1 is 1.53 bits per heavy atom. The smallest absolute Gasteiger partial charge is 0.239 e. The molecule has 6 heteroatoms. The topological polar surface area (TPSA) is 64.9 Å². The molecule has 0 bridgehead atoms. The van der Waals surface area contributed by atoms with Crippen molar-refractivity contribution < 1.29 is 9.18 Å². The van der Waals surface area contributed by atoms with Crippen molar-refractivity contribution in [3.8, 4) is 6.07 Å². The lowest BCUT2D eigenvalue weighted by atomic mass is 10.2. The van der Waals surface area contributed by atoms with E-state index in [0.717, 1.165) is 0 Å². The molecule has 1 rings (SSSR count). The Kier molecular flexibility index (Phi) is 5.77. The number of hydrogen-bond acceptors (Lipinski definition) is 3. The fraction of sp³-hybridized carbons (Fsp3) is 0.385. The van der Waals surface area contributed by atoms with Crippen molar-refractivity contribution >= 4 is 27.5 Å². The molecular weight excluding hydrogens is 313 g/mol. The zero-order valence-electron chi connectivity index (χ0n) is 10.8. The molecule has 1 aromatic carbocycles. The number of rotatable bonds is 5. The number of nitrogens with zero attached hydrogens (tertiary/aromatic N) is 1. The number of hydrogen-bond donors (Lipinski definition) is 2. The molecule has 0 radical (unpaired) electrons. The van der Waals surface area contributed by atoms with Crippen molar-refractivity contribution in [2.45, 2.75) is 13.8 Å². The van der Waals surface area contributed by atoms with Gasteiger partial charge in [0.2, 0.25) is 5.91 Å². The predicted molar refractivity (Wildman–Crippen MR) is 75.2 cm³/mol. The molecule has 0 aliphatic carbocycles. The number of nitrogens with one attached hydrogen (secondary N) is 2. The Morgan fingerprint density at radius 2 is 2.21 bits per heavy atom. The van der Waals surface area contributed by atoms with Crippen LogP contribution in [-0.2, 0) is 4.79 Å². The van der Waals surface area contributed by atoms with Crippen LogP contribution in [0.5, 0.6) is 0 Å². The number of nitriles is 1. The van der Waals surface area contributed by atoms with Crippen LogP contribution in [-0.4, -0.2) is 19.0 Å². The maximum absolute atomic E-state index is 13.8. The minimum atomic E-state index is -0.573. The molecule has 0 saturated heterocycles. The summed E-state index contributed by atoms with van der Waals surface area (Å²) in [6, 6.07) is 4.79. The van der Waals surface area contributed by atoms with Gasteiger partial charge in [0.25, 0.3) is 0 Å². The van der Waals surface area contributed by atoms with Gasteiger partial charge in [-0.25, -0.2) is 4.39 Å². The highest BCUT2D eigenvalue weighted by Gasteiger charge is 2.11. The van der Waals surface area contributed by atoms with E-state index in [1.807, 2.05) is 19.9 Å². The van der Waals surface area contributed by atoms with Gasteiger partial charge < -0.3 is 10.6 Å². The van der Waals surface area contributed by atoms with Gasteiger partial charge in [-0.2, -0.15) is 5.26 Å². The summed E-state index contributed by atoms with van der Waals surface area (Å²) in [6.07, 6.45) is 0. The Balaban J connectivity index is 2.62. The second-order valence-electron chi connectivity index (χ2n) is 4.45. The molecule has 0 fully saturated rings. The fourth-order valence-electron chi connectivity index (χ4n) is 1.33. The number of halogens is 2. The van der Waals surface area contributed by atoms with Crippen LogP contribution in [0.1, 0.15) is 19.4 Å². The third kappa shape index (κ3) is 4.52. The van der Waals surface area contributed by atoms with Crippen LogP contribution in [0, 0.1) is 23.1 Å². The van der Waals surface area contributed by atoms with Gasteiger partial charge in [-0.1, -0.05) is 13.8 Å². The number of benzene rings is 1.